The largest absolute Gasteiger partial charge is 0.504 e. The highest BCUT2D eigenvalue weighted by molar-refractivity contribution is 5.33. The van der Waals surface area contributed by atoms with E-state index in [9.17, 15) is 8.78 Å². The maximum absolute atomic E-state index is 14.4. The third kappa shape index (κ3) is 4.96. The van der Waals surface area contributed by atoms with Crippen LogP contribution in [0.15, 0.2) is 24.0 Å². The number of benzene rings is 1. The summed E-state index contributed by atoms with van der Waals surface area (Å²) in [6.45, 7) is 2.57. The molecule has 1 saturated carbocycles. The predicted molar refractivity (Wildman–Crippen MR) is 92.3 cm³/mol. The first-order valence-electron chi connectivity index (χ1n) is 8.98. The van der Waals surface area contributed by atoms with Gasteiger partial charge in [-0.15, -0.1) is 0 Å². The number of methoxy groups -OCH3 is 1. The second-order valence-electron chi connectivity index (χ2n) is 6.48. The molecule has 0 saturated heterocycles. The SMILES string of the molecule is CCCCCCOc1ccc(C2CCC(=COC)CC2)c(F)c1F. The Labute approximate surface area is 143 Å². The zero-order valence-corrected chi connectivity index (χ0v) is 14.7. The fourth-order valence-corrected chi connectivity index (χ4v) is 3.27. The van der Waals surface area contributed by atoms with Crippen molar-refractivity contribution in [1.82, 2.24) is 0 Å². The van der Waals surface area contributed by atoms with Crippen LogP contribution in [0.4, 0.5) is 8.78 Å². The van der Waals surface area contributed by atoms with Gasteiger partial charge in [-0.25, -0.2) is 4.39 Å². The highest BCUT2D eigenvalue weighted by atomic mass is 19.2. The highest BCUT2D eigenvalue weighted by Crippen LogP contribution is 2.38. The summed E-state index contributed by atoms with van der Waals surface area (Å²) in [5.41, 5.74) is 1.71. The summed E-state index contributed by atoms with van der Waals surface area (Å²) in [7, 11) is 1.63. The van der Waals surface area contributed by atoms with E-state index in [-0.39, 0.29) is 11.7 Å². The van der Waals surface area contributed by atoms with Crippen molar-refractivity contribution in [1.29, 1.82) is 0 Å². The molecule has 1 fully saturated rings. The average Bonchev–Trinajstić information content (AvgIpc) is 2.60. The van der Waals surface area contributed by atoms with Gasteiger partial charge in [-0.2, -0.15) is 4.39 Å². The van der Waals surface area contributed by atoms with E-state index in [2.05, 4.69) is 6.92 Å². The molecule has 24 heavy (non-hydrogen) atoms. The Bertz CT molecular complexity index is 545. The molecule has 1 aromatic carbocycles. The van der Waals surface area contributed by atoms with E-state index in [1.165, 1.54) is 5.57 Å². The Morgan fingerprint density at radius 3 is 2.50 bits per heavy atom. The Morgan fingerprint density at radius 2 is 1.83 bits per heavy atom. The van der Waals surface area contributed by atoms with Crippen molar-refractivity contribution < 1.29 is 18.3 Å². The number of hydrogen-bond acceptors (Lipinski definition) is 2. The average molecular weight is 338 g/mol. The molecule has 2 rings (SSSR count). The minimum absolute atomic E-state index is 0.0310. The molecular formula is C20H28F2O2. The monoisotopic (exact) mass is 338 g/mol. The van der Waals surface area contributed by atoms with Crippen LogP contribution in [-0.4, -0.2) is 13.7 Å². The number of hydrogen-bond donors (Lipinski definition) is 0. The number of halogens is 2. The van der Waals surface area contributed by atoms with Crippen LogP contribution >= 0.6 is 0 Å². The summed E-state index contributed by atoms with van der Waals surface area (Å²) in [5.74, 6) is -1.50. The zero-order valence-electron chi connectivity index (χ0n) is 14.7. The first-order valence-corrected chi connectivity index (χ1v) is 8.98. The van der Waals surface area contributed by atoms with E-state index >= 15 is 0 Å². The van der Waals surface area contributed by atoms with Gasteiger partial charge in [-0.05, 0) is 55.2 Å². The molecule has 134 valence electrons. The van der Waals surface area contributed by atoms with Gasteiger partial charge in [-0.3, -0.25) is 0 Å². The third-order valence-electron chi connectivity index (χ3n) is 4.68. The second kappa shape index (κ2) is 9.65. The topological polar surface area (TPSA) is 18.5 Å². The Hall–Kier alpha value is -1.58. The van der Waals surface area contributed by atoms with Gasteiger partial charge in [0.15, 0.2) is 11.6 Å². The molecule has 2 nitrogen and oxygen atoms in total. The second-order valence-corrected chi connectivity index (χ2v) is 6.48. The molecule has 0 heterocycles. The number of allylic oxidation sites excluding steroid dienone is 1. The van der Waals surface area contributed by atoms with E-state index in [0.29, 0.717) is 12.2 Å². The van der Waals surface area contributed by atoms with E-state index in [1.807, 2.05) is 0 Å². The van der Waals surface area contributed by atoms with Gasteiger partial charge in [0.25, 0.3) is 0 Å². The molecule has 0 spiro atoms. The molecule has 0 N–H and O–H groups in total. The maximum Gasteiger partial charge on any atom is 0.200 e. The summed E-state index contributed by atoms with van der Waals surface area (Å²) in [6.07, 6.45) is 9.35. The van der Waals surface area contributed by atoms with Gasteiger partial charge in [0.2, 0.25) is 5.82 Å². The van der Waals surface area contributed by atoms with Crippen molar-refractivity contribution in [2.24, 2.45) is 0 Å². The standard InChI is InChI=1S/C20H28F2O2/c1-3-4-5-6-13-24-18-12-11-17(19(21)20(18)22)16-9-7-15(8-10-16)14-23-2/h11-12,14,16H,3-10,13H2,1-2H3. The molecular weight excluding hydrogens is 310 g/mol. The van der Waals surface area contributed by atoms with Gasteiger partial charge in [0, 0.05) is 0 Å². The molecule has 0 amide bonds. The van der Waals surface area contributed by atoms with Crippen LogP contribution in [0.2, 0.25) is 0 Å². The molecule has 0 aromatic heterocycles. The minimum atomic E-state index is -0.846. The zero-order chi connectivity index (χ0) is 17.4. The van der Waals surface area contributed by atoms with Crippen LogP contribution in [-0.2, 0) is 4.74 Å². The number of unbranched alkanes of at least 4 members (excludes halogenated alkanes) is 3. The fraction of sp³-hybridized carbons (Fsp3) is 0.600. The molecule has 0 atom stereocenters. The van der Waals surface area contributed by atoms with Crippen molar-refractivity contribution in [3.8, 4) is 5.75 Å². The lowest BCUT2D eigenvalue weighted by Crippen LogP contribution is -2.10. The first kappa shape index (κ1) is 18.8. The molecule has 4 heteroatoms. The molecule has 1 aromatic rings. The van der Waals surface area contributed by atoms with Crippen LogP contribution < -0.4 is 4.74 Å². The van der Waals surface area contributed by atoms with Crippen molar-refractivity contribution in [3.63, 3.8) is 0 Å². The quantitative estimate of drug-likeness (QED) is 0.420. The van der Waals surface area contributed by atoms with Gasteiger partial charge in [0.1, 0.15) is 0 Å². The van der Waals surface area contributed by atoms with Crippen molar-refractivity contribution in [3.05, 3.63) is 41.2 Å². The summed E-state index contributed by atoms with van der Waals surface area (Å²) in [4.78, 5) is 0. The summed E-state index contributed by atoms with van der Waals surface area (Å²) < 4.78 is 39.1. The summed E-state index contributed by atoms with van der Waals surface area (Å²) in [6, 6.07) is 3.27. The Morgan fingerprint density at radius 1 is 1.08 bits per heavy atom. The van der Waals surface area contributed by atoms with Crippen LogP contribution in [0.25, 0.3) is 0 Å². The van der Waals surface area contributed by atoms with Crippen molar-refractivity contribution in [2.75, 3.05) is 13.7 Å². The van der Waals surface area contributed by atoms with E-state index in [4.69, 9.17) is 9.47 Å². The molecule has 0 unspecified atom stereocenters. The smallest absolute Gasteiger partial charge is 0.200 e. The summed E-state index contributed by atoms with van der Waals surface area (Å²) >= 11 is 0. The van der Waals surface area contributed by atoms with Gasteiger partial charge < -0.3 is 9.47 Å². The Balaban J connectivity index is 1.96. The summed E-state index contributed by atoms with van der Waals surface area (Å²) in [5, 5.41) is 0. The third-order valence-corrected chi connectivity index (χ3v) is 4.68. The van der Waals surface area contributed by atoms with E-state index in [0.717, 1.165) is 51.4 Å². The normalized spacial score (nSPS) is 17.7. The minimum Gasteiger partial charge on any atom is -0.504 e. The van der Waals surface area contributed by atoms with Crippen LogP contribution in [0.5, 0.6) is 5.75 Å². The van der Waals surface area contributed by atoms with Crippen molar-refractivity contribution >= 4 is 0 Å². The molecule has 0 radical (unpaired) electrons. The van der Waals surface area contributed by atoms with E-state index in [1.54, 1.807) is 25.5 Å². The van der Waals surface area contributed by atoms with E-state index < -0.39 is 11.6 Å². The maximum atomic E-state index is 14.4. The van der Waals surface area contributed by atoms with Gasteiger partial charge in [-0.1, -0.05) is 32.3 Å². The first-order chi connectivity index (χ1) is 11.7. The van der Waals surface area contributed by atoms with Crippen molar-refractivity contribution in [2.45, 2.75) is 64.2 Å². The van der Waals surface area contributed by atoms with Crippen LogP contribution in [0, 0.1) is 11.6 Å². The lowest BCUT2D eigenvalue weighted by atomic mass is 9.81. The van der Waals surface area contributed by atoms with Crippen LogP contribution in [0.1, 0.15) is 69.8 Å². The lowest BCUT2D eigenvalue weighted by molar-refractivity contribution is 0.284. The molecule has 1 aliphatic rings. The predicted octanol–water partition coefficient (Wildman–Crippen LogP) is 6.11. The number of rotatable bonds is 8. The van der Waals surface area contributed by atoms with Gasteiger partial charge in [0.05, 0.1) is 20.0 Å². The molecule has 0 bridgehead atoms. The van der Waals surface area contributed by atoms with Gasteiger partial charge >= 0.3 is 0 Å². The Kier molecular flexibility index (Phi) is 7.54. The number of ether oxygens (including phenoxy) is 2. The fourth-order valence-electron chi connectivity index (χ4n) is 3.27. The van der Waals surface area contributed by atoms with Crippen LogP contribution in [0.3, 0.4) is 0 Å². The molecule has 1 aliphatic carbocycles. The lowest BCUT2D eigenvalue weighted by Gasteiger charge is -2.24. The highest BCUT2D eigenvalue weighted by Gasteiger charge is 2.24. The molecule has 0 aliphatic heterocycles.